The number of carbonyl (C=O) groups excluding carboxylic acids is 2. The van der Waals surface area contributed by atoms with Crippen LogP contribution in [-0.2, 0) is 11.3 Å². The van der Waals surface area contributed by atoms with Crippen molar-refractivity contribution in [3.8, 4) is 11.4 Å². The summed E-state index contributed by atoms with van der Waals surface area (Å²) in [5.74, 6) is 0.540. The van der Waals surface area contributed by atoms with Crippen LogP contribution in [0.15, 0.2) is 76.8 Å². The van der Waals surface area contributed by atoms with Gasteiger partial charge in [-0.25, -0.2) is 0 Å². The zero-order chi connectivity index (χ0) is 21.6. The molecule has 0 radical (unpaired) electrons. The molecule has 0 unspecified atom stereocenters. The fourth-order valence-corrected chi connectivity index (χ4v) is 3.67. The van der Waals surface area contributed by atoms with E-state index in [9.17, 15) is 9.59 Å². The number of thioether (sulfide) groups is 1. The summed E-state index contributed by atoms with van der Waals surface area (Å²) in [5.41, 5.74) is 6.84. The highest BCUT2D eigenvalue weighted by molar-refractivity contribution is 7.99. The first kappa shape index (κ1) is 20.4. The average molecular weight is 434 g/mol. The summed E-state index contributed by atoms with van der Waals surface area (Å²) in [7, 11) is 0. The van der Waals surface area contributed by atoms with Crippen LogP contribution < -0.4 is 11.1 Å². The Balaban J connectivity index is 1.52. The van der Waals surface area contributed by atoms with Gasteiger partial charge in [-0.15, -0.1) is 10.2 Å². The van der Waals surface area contributed by atoms with Gasteiger partial charge in [-0.1, -0.05) is 23.9 Å². The normalized spacial score (nSPS) is 10.7. The molecule has 0 saturated carbocycles. The quantitative estimate of drug-likeness (QED) is 0.408. The number of nitrogens with one attached hydrogen (secondary N) is 1. The number of furan rings is 1. The van der Waals surface area contributed by atoms with Crippen LogP contribution in [0.4, 0.5) is 5.69 Å². The summed E-state index contributed by atoms with van der Waals surface area (Å²) in [4.78, 5) is 28.1. The molecule has 0 spiro atoms. The molecule has 3 heterocycles. The van der Waals surface area contributed by atoms with Crippen molar-refractivity contribution in [1.29, 1.82) is 0 Å². The first-order valence-corrected chi connectivity index (χ1v) is 10.3. The van der Waals surface area contributed by atoms with Gasteiger partial charge in [-0.2, -0.15) is 0 Å². The summed E-state index contributed by atoms with van der Waals surface area (Å²) in [6.45, 7) is 0.409. The number of rotatable bonds is 8. The molecule has 3 N–H and O–H groups in total. The zero-order valence-corrected chi connectivity index (χ0v) is 17.1. The molecule has 0 saturated heterocycles. The minimum absolute atomic E-state index is 0.0692. The van der Waals surface area contributed by atoms with E-state index in [1.54, 1.807) is 42.9 Å². The van der Waals surface area contributed by atoms with Crippen molar-refractivity contribution in [3.63, 3.8) is 0 Å². The van der Waals surface area contributed by atoms with Crippen LogP contribution in [0.5, 0.6) is 0 Å². The van der Waals surface area contributed by atoms with Crippen molar-refractivity contribution in [2.24, 2.45) is 5.73 Å². The number of para-hydroxylation sites is 1. The SMILES string of the molecule is NC(=O)c1ccccc1NC(=O)CSc1nnc(-c2ccncc2)n1Cc1ccco1. The molecule has 0 aliphatic rings. The molecule has 1 aromatic carbocycles. The van der Waals surface area contributed by atoms with Crippen LogP contribution in [0, 0.1) is 0 Å². The van der Waals surface area contributed by atoms with Gasteiger partial charge in [0.15, 0.2) is 11.0 Å². The van der Waals surface area contributed by atoms with E-state index < -0.39 is 5.91 Å². The number of pyridine rings is 1. The van der Waals surface area contributed by atoms with Crippen LogP contribution in [-0.4, -0.2) is 37.3 Å². The van der Waals surface area contributed by atoms with Crippen molar-refractivity contribution < 1.29 is 14.0 Å². The van der Waals surface area contributed by atoms with Gasteiger partial charge in [-0.05, 0) is 36.4 Å². The van der Waals surface area contributed by atoms with Gasteiger partial charge in [-0.3, -0.25) is 19.1 Å². The Hall–Kier alpha value is -3.92. The second kappa shape index (κ2) is 9.26. The highest BCUT2D eigenvalue weighted by Gasteiger charge is 2.18. The third kappa shape index (κ3) is 4.81. The van der Waals surface area contributed by atoms with Crippen LogP contribution in [0.1, 0.15) is 16.1 Å². The van der Waals surface area contributed by atoms with Crippen molar-refractivity contribution in [1.82, 2.24) is 19.7 Å². The number of amides is 2. The number of primary amides is 1. The monoisotopic (exact) mass is 434 g/mol. The number of benzene rings is 1. The maximum absolute atomic E-state index is 12.5. The molecule has 31 heavy (non-hydrogen) atoms. The first-order chi connectivity index (χ1) is 15.1. The molecule has 10 heteroatoms. The predicted octanol–water partition coefficient (Wildman–Crippen LogP) is 2.81. The van der Waals surface area contributed by atoms with Gasteiger partial charge >= 0.3 is 0 Å². The number of anilines is 1. The Kier molecular flexibility index (Phi) is 6.08. The fourth-order valence-electron chi connectivity index (χ4n) is 2.93. The van der Waals surface area contributed by atoms with E-state index in [1.165, 1.54) is 11.8 Å². The Bertz CT molecular complexity index is 1190. The fraction of sp³-hybridized carbons (Fsp3) is 0.0952. The summed E-state index contributed by atoms with van der Waals surface area (Å²) in [6.07, 6.45) is 4.96. The summed E-state index contributed by atoms with van der Waals surface area (Å²) in [5, 5.41) is 11.8. The average Bonchev–Trinajstić information content (AvgIpc) is 3.43. The molecule has 0 atom stereocenters. The highest BCUT2D eigenvalue weighted by Crippen LogP contribution is 2.25. The zero-order valence-electron chi connectivity index (χ0n) is 16.3. The van der Waals surface area contributed by atoms with Crippen LogP contribution in [0.2, 0.25) is 0 Å². The Morgan fingerprint density at radius 2 is 1.87 bits per heavy atom. The number of aromatic nitrogens is 4. The van der Waals surface area contributed by atoms with Crippen molar-refractivity contribution in [2.45, 2.75) is 11.7 Å². The van der Waals surface area contributed by atoms with Gasteiger partial charge in [0, 0.05) is 18.0 Å². The van der Waals surface area contributed by atoms with Gasteiger partial charge in [0.2, 0.25) is 5.91 Å². The van der Waals surface area contributed by atoms with E-state index in [4.69, 9.17) is 10.2 Å². The summed E-state index contributed by atoms with van der Waals surface area (Å²) >= 11 is 1.23. The lowest BCUT2D eigenvalue weighted by Gasteiger charge is -2.10. The largest absolute Gasteiger partial charge is 0.467 e. The number of nitrogens with zero attached hydrogens (tertiary/aromatic N) is 4. The van der Waals surface area contributed by atoms with Crippen molar-refractivity contribution in [3.05, 3.63) is 78.5 Å². The van der Waals surface area contributed by atoms with E-state index >= 15 is 0 Å². The minimum Gasteiger partial charge on any atom is -0.467 e. The first-order valence-electron chi connectivity index (χ1n) is 9.29. The van der Waals surface area contributed by atoms with Gasteiger partial charge in [0.1, 0.15) is 5.76 Å². The third-order valence-corrected chi connectivity index (χ3v) is 5.32. The molecule has 0 fully saturated rings. The van der Waals surface area contributed by atoms with Crippen LogP contribution in [0.25, 0.3) is 11.4 Å². The summed E-state index contributed by atoms with van der Waals surface area (Å²) < 4.78 is 7.35. The summed E-state index contributed by atoms with van der Waals surface area (Å²) in [6, 6.07) is 13.9. The second-order valence-electron chi connectivity index (χ2n) is 6.45. The van der Waals surface area contributed by atoms with Crippen molar-refractivity contribution in [2.75, 3.05) is 11.1 Å². The molecule has 2 amide bonds. The molecule has 0 bridgehead atoms. The number of hydrogen-bond donors (Lipinski definition) is 2. The van der Waals surface area contributed by atoms with Crippen LogP contribution >= 0.6 is 11.8 Å². The lowest BCUT2D eigenvalue weighted by molar-refractivity contribution is -0.113. The predicted molar refractivity (Wildman–Crippen MR) is 115 cm³/mol. The number of nitrogens with two attached hydrogens (primary N) is 1. The van der Waals surface area contributed by atoms with Crippen LogP contribution in [0.3, 0.4) is 0 Å². The van der Waals surface area contributed by atoms with Crippen molar-refractivity contribution >= 4 is 29.3 Å². The Morgan fingerprint density at radius 3 is 2.61 bits per heavy atom. The van der Waals surface area contributed by atoms with E-state index in [-0.39, 0.29) is 17.2 Å². The lowest BCUT2D eigenvalue weighted by Crippen LogP contribution is -2.19. The van der Waals surface area contributed by atoms with E-state index in [0.717, 1.165) is 11.3 Å². The standard InChI is InChI=1S/C21H18N6O3S/c22-19(29)16-5-1-2-6-17(16)24-18(28)13-31-21-26-25-20(14-7-9-23-10-8-14)27(21)12-15-4-3-11-30-15/h1-11H,12-13H2,(H2,22,29)(H,24,28). The molecule has 9 nitrogen and oxygen atoms in total. The van der Waals surface area contributed by atoms with Gasteiger partial charge in [0.05, 0.1) is 29.8 Å². The second-order valence-corrected chi connectivity index (χ2v) is 7.40. The molecule has 0 aliphatic heterocycles. The van der Waals surface area contributed by atoms with E-state index in [0.29, 0.717) is 23.2 Å². The molecular formula is C21H18N6O3S. The van der Waals surface area contributed by atoms with Gasteiger partial charge in [0.25, 0.3) is 5.91 Å². The topological polar surface area (TPSA) is 129 Å². The molecular weight excluding hydrogens is 416 g/mol. The molecule has 0 aliphatic carbocycles. The maximum Gasteiger partial charge on any atom is 0.250 e. The maximum atomic E-state index is 12.5. The Morgan fingerprint density at radius 1 is 1.06 bits per heavy atom. The van der Waals surface area contributed by atoms with E-state index in [1.807, 2.05) is 28.8 Å². The van der Waals surface area contributed by atoms with E-state index in [2.05, 4.69) is 20.5 Å². The molecule has 4 aromatic rings. The highest BCUT2D eigenvalue weighted by atomic mass is 32.2. The minimum atomic E-state index is -0.608. The smallest absolute Gasteiger partial charge is 0.250 e. The number of carbonyl (C=O) groups is 2. The Labute approximate surface area is 181 Å². The molecule has 156 valence electrons. The lowest BCUT2D eigenvalue weighted by atomic mass is 10.1. The third-order valence-electron chi connectivity index (χ3n) is 4.35. The molecule has 4 rings (SSSR count). The van der Waals surface area contributed by atoms with Gasteiger partial charge < -0.3 is 15.5 Å². The number of hydrogen-bond acceptors (Lipinski definition) is 7. The molecule has 3 aromatic heterocycles.